The molecule has 0 radical (unpaired) electrons. The number of carboxylic acids is 1. The minimum absolute atomic E-state index is 0.0574. The van der Waals surface area contributed by atoms with Crippen molar-refractivity contribution in [2.75, 3.05) is 21.1 Å². The lowest BCUT2D eigenvalue weighted by molar-refractivity contribution is -0.890. The van der Waals surface area contributed by atoms with Gasteiger partial charge in [-0.1, -0.05) is 39.5 Å². The molecule has 0 aromatic heterocycles. The van der Waals surface area contributed by atoms with Gasteiger partial charge in [-0.15, -0.1) is 0 Å². The number of rotatable bonds is 11. The van der Waals surface area contributed by atoms with Gasteiger partial charge in [0.05, 0.1) is 27.2 Å². The first kappa shape index (κ1) is 19.9. The molecule has 0 saturated carbocycles. The Bertz CT molecular complexity index is 324. The molecule has 0 aliphatic rings. The first-order valence-electron chi connectivity index (χ1n) is 8.05. The van der Waals surface area contributed by atoms with Crippen molar-refractivity contribution >= 4 is 11.9 Å². The summed E-state index contributed by atoms with van der Waals surface area (Å²) in [5.41, 5.74) is 0. The summed E-state index contributed by atoms with van der Waals surface area (Å²) in [6.07, 6.45) is 6.50. The molecule has 0 aromatic rings. The Labute approximate surface area is 129 Å². The van der Waals surface area contributed by atoms with E-state index in [1.165, 1.54) is 12.8 Å². The minimum Gasteiger partial charge on any atom is -0.544 e. The van der Waals surface area contributed by atoms with Crippen molar-refractivity contribution in [3.8, 4) is 0 Å². The lowest BCUT2D eigenvalue weighted by Crippen LogP contribution is -2.64. The van der Waals surface area contributed by atoms with Crippen LogP contribution in [0.2, 0.25) is 0 Å². The fraction of sp³-hybridized carbons (Fsp3) is 0.875. The molecule has 2 unspecified atom stereocenters. The van der Waals surface area contributed by atoms with Gasteiger partial charge in [-0.3, -0.25) is 4.79 Å². The van der Waals surface area contributed by atoms with Crippen molar-refractivity contribution in [2.45, 2.75) is 70.9 Å². The van der Waals surface area contributed by atoms with Crippen LogP contribution in [-0.2, 0) is 9.59 Å². The second-order valence-electron chi connectivity index (χ2n) is 6.63. The number of nitrogens with zero attached hydrogens (tertiary/aromatic N) is 1. The monoisotopic (exact) mass is 300 g/mol. The predicted octanol–water partition coefficient (Wildman–Crippen LogP) is 1.07. The smallest absolute Gasteiger partial charge is 0.220 e. The zero-order valence-corrected chi connectivity index (χ0v) is 14.3. The molecule has 0 aromatic carbocycles. The van der Waals surface area contributed by atoms with E-state index in [1.807, 2.05) is 6.92 Å². The highest BCUT2D eigenvalue weighted by Gasteiger charge is 2.33. The lowest BCUT2D eigenvalue weighted by atomic mass is 10.0. The van der Waals surface area contributed by atoms with Crippen LogP contribution in [0.1, 0.15) is 58.8 Å². The Kier molecular flexibility index (Phi) is 9.26. The number of aliphatic carboxylic acids is 1. The highest BCUT2D eigenvalue weighted by Crippen LogP contribution is 2.12. The van der Waals surface area contributed by atoms with Crippen LogP contribution < -0.4 is 10.4 Å². The zero-order chi connectivity index (χ0) is 16.5. The maximum atomic E-state index is 12.0. The molecule has 1 N–H and O–H groups in total. The van der Waals surface area contributed by atoms with E-state index in [0.717, 1.165) is 19.3 Å². The van der Waals surface area contributed by atoms with Gasteiger partial charge in [0, 0.05) is 6.42 Å². The second kappa shape index (κ2) is 9.77. The molecule has 0 aliphatic carbocycles. The highest BCUT2D eigenvalue weighted by atomic mass is 16.4. The lowest BCUT2D eigenvalue weighted by Gasteiger charge is -2.39. The summed E-state index contributed by atoms with van der Waals surface area (Å²) in [6, 6.07) is -1.13. The van der Waals surface area contributed by atoms with Gasteiger partial charge >= 0.3 is 0 Å². The third-order valence-electron chi connectivity index (χ3n) is 3.75. The van der Waals surface area contributed by atoms with E-state index in [-0.39, 0.29) is 10.4 Å². The normalized spacial score (nSPS) is 14.5. The third kappa shape index (κ3) is 8.05. The van der Waals surface area contributed by atoms with Crippen molar-refractivity contribution < 1.29 is 19.2 Å². The van der Waals surface area contributed by atoms with Crippen molar-refractivity contribution in [2.24, 2.45) is 0 Å². The number of quaternary nitrogens is 1. The maximum Gasteiger partial charge on any atom is 0.220 e. The van der Waals surface area contributed by atoms with Crippen LogP contribution in [-0.4, -0.2) is 49.6 Å². The number of carboxylic acid groups (broad SMARTS) is 1. The van der Waals surface area contributed by atoms with Crippen LogP contribution in [0, 0.1) is 0 Å². The van der Waals surface area contributed by atoms with Crippen LogP contribution in [0.3, 0.4) is 0 Å². The third-order valence-corrected chi connectivity index (χ3v) is 3.75. The first-order valence-corrected chi connectivity index (χ1v) is 8.05. The Morgan fingerprint density at radius 3 is 2.05 bits per heavy atom. The fourth-order valence-electron chi connectivity index (χ4n) is 2.59. The Balaban J connectivity index is 4.40. The molecular weight excluding hydrogens is 268 g/mol. The molecule has 0 rings (SSSR count). The molecule has 2 atom stereocenters. The Morgan fingerprint density at radius 2 is 1.62 bits per heavy atom. The van der Waals surface area contributed by atoms with Crippen LogP contribution in [0.25, 0.3) is 0 Å². The molecule has 0 spiro atoms. The predicted molar refractivity (Wildman–Crippen MR) is 82.4 cm³/mol. The van der Waals surface area contributed by atoms with Gasteiger partial charge in [0.25, 0.3) is 0 Å². The zero-order valence-electron chi connectivity index (χ0n) is 14.3. The largest absolute Gasteiger partial charge is 0.544 e. The molecule has 0 bridgehead atoms. The summed E-state index contributed by atoms with van der Waals surface area (Å²) in [7, 11) is 5.42. The summed E-state index contributed by atoms with van der Waals surface area (Å²) >= 11 is 0. The SMILES string of the molecule is CCCCCCCC(=O)NC(CC)C(C(=O)[O-])[N+](C)(C)C. The molecule has 0 fully saturated rings. The number of hydrogen-bond acceptors (Lipinski definition) is 3. The number of likely N-dealkylation sites (N-methyl/N-ethyl adjacent to an activating group) is 1. The van der Waals surface area contributed by atoms with Gasteiger partial charge in [-0.05, 0) is 12.8 Å². The van der Waals surface area contributed by atoms with E-state index in [1.54, 1.807) is 21.1 Å². The Hall–Kier alpha value is -1.10. The van der Waals surface area contributed by atoms with Gasteiger partial charge in [-0.2, -0.15) is 0 Å². The maximum absolute atomic E-state index is 12.0. The summed E-state index contributed by atoms with van der Waals surface area (Å²) < 4.78 is 0.234. The van der Waals surface area contributed by atoms with Crippen molar-refractivity contribution in [1.29, 1.82) is 0 Å². The van der Waals surface area contributed by atoms with E-state index in [4.69, 9.17) is 0 Å². The number of nitrogens with one attached hydrogen (secondary N) is 1. The number of carbonyl (C=O) groups excluding carboxylic acids is 2. The average molecular weight is 300 g/mol. The minimum atomic E-state index is -1.11. The number of unbranched alkanes of at least 4 members (excludes halogenated alkanes) is 4. The fourth-order valence-corrected chi connectivity index (χ4v) is 2.59. The van der Waals surface area contributed by atoms with E-state index in [2.05, 4.69) is 12.2 Å². The summed E-state index contributed by atoms with van der Waals surface area (Å²) in [5, 5.41) is 14.3. The summed E-state index contributed by atoms with van der Waals surface area (Å²) in [6.45, 7) is 4.04. The van der Waals surface area contributed by atoms with Gasteiger partial charge in [0.1, 0.15) is 12.0 Å². The van der Waals surface area contributed by atoms with Crippen LogP contribution in [0.4, 0.5) is 0 Å². The van der Waals surface area contributed by atoms with Crippen LogP contribution in [0.5, 0.6) is 0 Å². The second-order valence-corrected chi connectivity index (χ2v) is 6.63. The van der Waals surface area contributed by atoms with Crippen molar-refractivity contribution in [1.82, 2.24) is 5.32 Å². The standard InChI is InChI=1S/C16H32N2O3/c1-6-8-9-10-11-12-14(19)17-13(7-2)15(16(20)21)18(3,4)5/h13,15H,6-12H2,1-5H3,(H-,17,19,20,21). The Morgan fingerprint density at radius 1 is 1.05 bits per heavy atom. The van der Waals surface area contributed by atoms with Gasteiger partial charge in [0.2, 0.25) is 5.91 Å². The number of amides is 1. The first-order chi connectivity index (χ1) is 9.73. The summed E-state index contributed by atoms with van der Waals surface area (Å²) in [4.78, 5) is 23.3. The van der Waals surface area contributed by atoms with E-state index >= 15 is 0 Å². The molecule has 1 amide bonds. The topological polar surface area (TPSA) is 69.2 Å². The molecular formula is C16H32N2O3. The number of hydrogen-bond donors (Lipinski definition) is 1. The molecule has 5 heteroatoms. The van der Waals surface area contributed by atoms with E-state index in [0.29, 0.717) is 12.8 Å². The summed E-state index contributed by atoms with van der Waals surface area (Å²) in [5.74, 6) is -1.17. The van der Waals surface area contributed by atoms with Crippen molar-refractivity contribution in [3.63, 3.8) is 0 Å². The van der Waals surface area contributed by atoms with E-state index < -0.39 is 18.1 Å². The molecule has 124 valence electrons. The molecule has 21 heavy (non-hydrogen) atoms. The van der Waals surface area contributed by atoms with Gasteiger partial charge < -0.3 is 19.7 Å². The van der Waals surface area contributed by atoms with Crippen LogP contribution in [0.15, 0.2) is 0 Å². The average Bonchev–Trinajstić information content (AvgIpc) is 2.35. The molecule has 5 nitrogen and oxygen atoms in total. The quantitative estimate of drug-likeness (QED) is 0.458. The van der Waals surface area contributed by atoms with Gasteiger partial charge in [0.15, 0.2) is 0 Å². The molecule has 0 saturated heterocycles. The van der Waals surface area contributed by atoms with Crippen molar-refractivity contribution in [3.05, 3.63) is 0 Å². The van der Waals surface area contributed by atoms with Gasteiger partial charge in [-0.25, -0.2) is 0 Å². The molecule has 0 heterocycles. The number of carbonyl (C=O) groups is 2. The molecule has 0 aliphatic heterocycles. The highest BCUT2D eigenvalue weighted by molar-refractivity contribution is 5.78. The van der Waals surface area contributed by atoms with E-state index in [9.17, 15) is 14.7 Å². The van der Waals surface area contributed by atoms with Crippen LogP contribution >= 0.6 is 0 Å².